The van der Waals surface area contributed by atoms with E-state index in [1.807, 2.05) is 19.1 Å². The Morgan fingerprint density at radius 3 is 2.39 bits per heavy atom. The molecule has 0 saturated carbocycles. The summed E-state index contributed by atoms with van der Waals surface area (Å²) in [5.41, 5.74) is 6.10. The number of aryl methyl sites for hydroxylation is 1. The summed E-state index contributed by atoms with van der Waals surface area (Å²) >= 11 is 0. The molecule has 2 aromatic carbocycles. The zero-order valence-corrected chi connectivity index (χ0v) is 19.0. The molecule has 0 bridgehead atoms. The number of para-hydroxylation sites is 1. The molecule has 0 spiro atoms. The second-order valence-corrected chi connectivity index (χ2v) is 7.45. The maximum absolute atomic E-state index is 5.57. The normalized spacial score (nSPS) is 11.4. The van der Waals surface area contributed by atoms with Gasteiger partial charge in [0.1, 0.15) is 6.33 Å². The third kappa shape index (κ3) is 3.54. The molecule has 0 amide bonds. The molecule has 0 unspecified atom stereocenters. The summed E-state index contributed by atoms with van der Waals surface area (Å²) in [5.74, 6) is 2.18. The van der Waals surface area contributed by atoms with E-state index in [-0.39, 0.29) is 20.1 Å². The molecular weight excluding hydrogens is 528 g/mol. The van der Waals surface area contributed by atoms with Crippen LogP contribution in [0.25, 0.3) is 28.2 Å². The van der Waals surface area contributed by atoms with Crippen molar-refractivity contribution in [2.24, 2.45) is 0 Å². The van der Waals surface area contributed by atoms with Gasteiger partial charge in [0.25, 0.3) is 0 Å². The van der Waals surface area contributed by atoms with Crippen molar-refractivity contribution in [2.45, 2.75) is 46.5 Å². The second kappa shape index (κ2) is 7.98. The van der Waals surface area contributed by atoms with E-state index in [1.165, 1.54) is 11.1 Å². The van der Waals surface area contributed by atoms with E-state index in [0.717, 1.165) is 28.2 Å². The van der Waals surface area contributed by atoms with Gasteiger partial charge in [0.15, 0.2) is 5.89 Å². The topological polar surface area (TPSA) is 56.7 Å². The van der Waals surface area contributed by atoms with Gasteiger partial charge in [-0.1, -0.05) is 45.9 Å². The minimum absolute atomic E-state index is 0. The third-order valence-corrected chi connectivity index (χ3v) is 4.80. The molecule has 0 atom stereocenters. The molecule has 0 fully saturated rings. The number of nitrogens with zero attached hydrogens (tertiary/aromatic N) is 4. The van der Waals surface area contributed by atoms with Gasteiger partial charge >= 0.3 is 0 Å². The first-order chi connectivity index (χ1) is 13.0. The standard InChI is InChI=1S/C22H23N4O.Ir/c1-13(2)17-7-6-8-18(14(3)4)21(17)26-12-23-25-22(26)16-9-10-20-19(11-16)24-15(5)27-20;/h6-8,10-14H,1-5H3;/q-1;. The first-order valence-electron chi connectivity index (χ1n) is 9.28. The van der Waals surface area contributed by atoms with Crippen LogP contribution in [0.2, 0.25) is 0 Å². The van der Waals surface area contributed by atoms with Gasteiger partial charge in [-0.05, 0) is 23.0 Å². The molecule has 0 aliphatic carbocycles. The van der Waals surface area contributed by atoms with Gasteiger partial charge in [-0.25, -0.2) is 4.98 Å². The van der Waals surface area contributed by atoms with Crippen molar-refractivity contribution in [3.05, 3.63) is 59.7 Å². The summed E-state index contributed by atoms with van der Waals surface area (Å²) in [6.45, 7) is 10.7. The van der Waals surface area contributed by atoms with Gasteiger partial charge in [-0.15, -0.1) is 28.9 Å². The molecule has 2 heterocycles. The quantitative estimate of drug-likeness (QED) is 0.318. The Balaban J connectivity index is 0.00000225. The molecule has 2 aromatic heterocycles. The van der Waals surface area contributed by atoms with Gasteiger partial charge in [0.2, 0.25) is 0 Å². The molecule has 6 heteroatoms. The Bertz CT molecular complexity index is 1080. The van der Waals surface area contributed by atoms with E-state index in [0.29, 0.717) is 17.7 Å². The third-order valence-electron chi connectivity index (χ3n) is 4.80. The molecule has 1 radical (unpaired) electrons. The molecule has 4 aromatic rings. The average molecular weight is 552 g/mol. The van der Waals surface area contributed by atoms with Crippen LogP contribution >= 0.6 is 0 Å². The van der Waals surface area contributed by atoms with Crippen LogP contribution < -0.4 is 0 Å². The average Bonchev–Trinajstić information content (AvgIpc) is 3.25. The number of rotatable bonds is 4. The van der Waals surface area contributed by atoms with Crippen LogP contribution in [0.5, 0.6) is 0 Å². The van der Waals surface area contributed by atoms with Crippen LogP contribution in [-0.4, -0.2) is 19.7 Å². The van der Waals surface area contributed by atoms with Crippen molar-refractivity contribution < 1.29 is 24.5 Å². The van der Waals surface area contributed by atoms with Gasteiger partial charge in [-0.2, -0.15) is 5.10 Å². The van der Waals surface area contributed by atoms with Crippen LogP contribution in [0.4, 0.5) is 0 Å². The first kappa shape index (κ1) is 20.4. The van der Waals surface area contributed by atoms with Gasteiger partial charge < -0.3 is 8.98 Å². The van der Waals surface area contributed by atoms with Crippen LogP contribution in [0.1, 0.15) is 56.5 Å². The second-order valence-electron chi connectivity index (χ2n) is 7.45. The number of benzene rings is 2. The fourth-order valence-electron chi connectivity index (χ4n) is 3.49. The van der Waals surface area contributed by atoms with Crippen molar-refractivity contribution in [3.8, 4) is 17.1 Å². The molecule has 147 valence electrons. The maximum Gasteiger partial charge on any atom is 0.180 e. The zero-order valence-electron chi connectivity index (χ0n) is 16.6. The Hall–Kier alpha value is -2.30. The number of hydrogen-bond acceptors (Lipinski definition) is 4. The van der Waals surface area contributed by atoms with E-state index in [4.69, 9.17) is 4.42 Å². The van der Waals surface area contributed by atoms with Crippen LogP contribution in [0.15, 0.2) is 41.1 Å². The number of oxazole rings is 1. The Kier molecular flexibility index (Phi) is 5.82. The van der Waals surface area contributed by atoms with Gasteiger partial charge in [0.05, 0.1) is 11.4 Å². The maximum atomic E-state index is 5.57. The molecule has 4 rings (SSSR count). The molecule has 0 N–H and O–H groups in total. The predicted molar refractivity (Wildman–Crippen MR) is 106 cm³/mol. The first-order valence-corrected chi connectivity index (χ1v) is 9.28. The van der Waals surface area contributed by atoms with Crippen molar-refractivity contribution in [1.82, 2.24) is 19.7 Å². The summed E-state index contributed by atoms with van der Waals surface area (Å²) < 4.78 is 7.65. The van der Waals surface area contributed by atoms with Crippen molar-refractivity contribution >= 4 is 11.1 Å². The van der Waals surface area contributed by atoms with E-state index in [1.54, 1.807) is 6.33 Å². The Morgan fingerprint density at radius 1 is 1.07 bits per heavy atom. The fourth-order valence-corrected chi connectivity index (χ4v) is 3.49. The monoisotopic (exact) mass is 552 g/mol. The van der Waals surface area contributed by atoms with Crippen molar-refractivity contribution in [1.29, 1.82) is 0 Å². The smallest absolute Gasteiger partial charge is 0.180 e. The van der Waals surface area contributed by atoms with Crippen LogP contribution in [0, 0.1) is 13.0 Å². The summed E-state index contributed by atoms with van der Waals surface area (Å²) in [4.78, 5) is 4.43. The molecule has 5 nitrogen and oxygen atoms in total. The minimum atomic E-state index is 0. The largest absolute Gasteiger partial charge is 0.488 e. The molecule has 0 aliphatic rings. The fraction of sp³-hybridized carbons (Fsp3) is 0.318. The van der Waals surface area contributed by atoms with Crippen molar-refractivity contribution in [2.75, 3.05) is 0 Å². The van der Waals surface area contributed by atoms with Crippen LogP contribution in [-0.2, 0) is 20.1 Å². The van der Waals surface area contributed by atoms with Gasteiger partial charge in [-0.3, -0.25) is 0 Å². The SMILES string of the molecule is Cc1nc2cc(-c3nncn3-c3c(C(C)C)cccc3C(C)C)[c-]cc2o1.[Ir]. The summed E-state index contributed by atoms with van der Waals surface area (Å²) in [6.07, 6.45) is 1.79. The molecule has 0 aliphatic heterocycles. The Labute approximate surface area is 178 Å². The summed E-state index contributed by atoms with van der Waals surface area (Å²) in [5, 5.41) is 8.61. The molecule has 0 saturated heterocycles. The summed E-state index contributed by atoms with van der Waals surface area (Å²) in [6, 6.07) is 13.6. The van der Waals surface area contributed by atoms with Gasteiger partial charge in [0, 0.05) is 38.2 Å². The van der Waals surface area contributed by atoms with E-state index < -0.39 is 0 Å². The number of hydrogen-bond donors (Lipinski definition) is 0. The molecule has 28 heavy (non-hydrogen) atoms. The van der Waals surface area contributed by atoms with E-state index in [2.05, 4.69) is 71.7 Å². The minimum Gasteiger partial charge on any atom is -0.488 e. The number of fused-ring (bicyclic) bond motifs is 1. The predicted octanol–water partition coefficient (Wildman–Crippen LogP) is 5.43. The van der Waals surface area contributed by atoms with Crippen LogP contribution in [0.3, 0.4) is 0 Å². The van der Waals surface area contributed by atoms with E-state index >= 15 is 0 Å². The zero-order chi connectivity index (χ0) is 19.1. The van der Waals surface area contributed by atoms with E-state index in [9.17, 15) is 0 Å². The summed E-state index contributed by atoms with van der Waals surface area (Å²) in [7, 11) is 0. The number of aromatic nitrogens is 4. The molecular formula is C22H23IrN4O-. The van der Waals surface area contributed by atoms with Crippen molar-refractivity contribution in [3.63, 3.8) is 0 Å². The Morgan fingerprint density at radius 2 is 1.75 bits per heavy atom.